The lowest BCUT2D eigenvalue weighted by Gasteiger charge is -2.11. The van der Waals surface area contributed by atoms with Crippen LogP contribution in [0.4, 0.5) is 5.69 Å². The van der Waals surface area contributed by atoms with Gasteiger partial charge in [-0.15, -0.1) is 0 Å². The molecule has 0 saturated heterocycles. The van der Waals surface area contributed by atoms with Gasteiger partial charge >= 0.3 is 0 Å². The van der Waals surface area contributed by atoms with Gasteiger partial charge in [-0.1, -0.05) is 12.1 Å². The molecule has 1 aromatic carbocycles. The summed E-state index contributed by atoms with van der Waals surface area (Å²) in [5.74, 6) is 1.36. The van der Waals surface area contributed by atoms with E-state index in [-0.39, 0.29) is 11.2 Å². The zero-order valence-corrected chi connectivity index (χ0v) is 10.5. The molecule has 0 bridgehead atoms. The predicted molar refractivity (Wildman–Crippen MR) is 69.1 cm³/mol. The molecule has 0 saturated carbocycles. The average Bonchev–Trinajstić information content (AvgIpc) is 2.36. The van der Waals surface area contributed by atoms with Crippen LogP contribution in [-0.2, 0) is 0 Å². The van der Waals surface area contributed by atoms with Crippen LogP contribution in [0.1, 0.15) is 6.92 Å². The Morgan fingerprint density at radius 2 is 2.00 bits per heavy atom. The van der Waals surface area contributed by atoms with E-state index in [0.29, 0.717) is 23.8 Å². The molecule has 0 fully saturated rings. The number of nitrogen functional groups attached to an aromatic ring is 1. The van der Waals surface area contributed by atoms with E-state index in [2.05, 4.69) is 9.97 Å². The molecular weight excluding hydrogens is 254 g/mol. The molecule has 2 aromatic rings. The Balaban J connectivity index is 2.30. The van der Waals surface area contributed by atoms with E-state index in [4.69, 9.17) is 26.8 Å². The van der Waals surface area contributed by atoms with Crippen LogP contribution in [0.2, 0.25) is 5.28 Å². The minimum Gasteiger partial charge on any atom is -0.490 e. The van der Waals surface area contributed by atoms with Crippen LogP contribution >= 0.6 is 11.6 Å². The fourth-order valence-corrected chi connectivity index (χ4v) is 1.48. The van der Waals surface area contributed by atoms with E-state index >= 15 is 0 Å². The highest BCUT2D eigenvalue weighted by molar-refractivity contribution is 6.28. The van der Waals surface area contributed by atoms with Crippen molar-refractivity contribution < 1.29 is 9.47 Å². The van der Waals surface area contributed by atoms with Crippen molar-refractivity contribution in [3.63, 3.8) is 0 Å². The zero-order valence-electron chi connectivity index (χ0n) is 9.76. The van der Waals surface area contributed by atoms with Gasteiger partial charge in [0.25, 0.3) is 0 Å². The number of halogens is 1. The molecule has 0 aliphatic heterocycles. The average molecular weight is 266 g/mol. The van der Waals surface area contributed by atoms with Crippen molar-refractivity contribution in [2.24, 2.45) is 0 Å². The molecule has 0 radical (unpaired) electrons. The number of nitrogens with two attached hydrogens (primary N) is 1. The van der Waals surface area contributed by atoms with Gasteiger partial charge in [-0.05, 0) is 30.7 Å². The monoisotopic (exact) mass is 265 g/mol. The van der Waals surface area contributed by atoms with Gasteiger partial charge in [0.05, 0.1) is 12.8 Å². The number of anilines is 1. The molecule has 1 aromatic heterocycles. The summed E-state index contributed by atoms with van der Waals surface area (Å²) in [5.41, 5.74) is 6.02. The molecule has 6 heteroatoms. The maximum absolute atomic E-state index is 5.71. The van der Waals surface area contributed by atoms with Gasteiger partial charge in [0.2, 0.25) is 11.2 Å². The predicted octanol–water partition coefficient (Wildman–Crippen LogP) is 2.90. The minimum atomic E-state index is 0.0769. The van der Waals surface area contributed by atoms with Gasteiger partial charge in [0.15, 0.2) is 11.5 Å². The van der Waals surface area contributed by atoms with Crippen LogP contribution in [0, 0.1) is 0 Å². The van der Waals surface area contributed by atoms with Gasteiger partial charge in [-0.3, -0.25) is 0 Å². The molecule has 18 heavy (non-hydrogen) atoms. The molecule has 0 spiro atoms. The smallest absolute Gasteiger partial charge is 0.247 e. The summed E-state index contributed by atoms with van der Waals surface area (Å²) >= 11 is 5.69. The summed E-state index contributed by atoms with van der Waals surface area (Å²) < 4.78 is 11.0. The third kappa shape index (κ3) is 2.81. The first-order chi connectivity index (χ1) is 8.70. The summed E-state index contributed by atoms with van der Waals surface area (Å²) in [7, 11) is 0. The summed E-state index contributed by atoms with van der Waals surface area (Å²) in [6, 6.07) is 7.25. The Bertz CT molecular complexity index is 549. The first kappa shape index (κ1) is 12.4. The third-order valence-electron chi connectivity index (χ3n) is 2.11. The molecule has 0 aliphatic rings. The van der Waals surface area contributed by atoms with Crippen molar-refractivity contribution in [2.75, 3.05) is 12.3 Å². The van der Waals surface area contributed by atoms with Crippen LogP contribution in [0.3, 0.4) is 0 Å². The van der Waals surface area contributed by atoms with Crippen molar-refractivity contribution in [2.45, 2.75) is 6.92 Å². The maximum Gasteiger partial charge on any atom is 0.247 e. The molecular formula is C12H12ClN3O2. The summed E-state index contributed by atoms with van der Waals surface area (Å²) in [4.78, 5) is 7.68. The second-order valence-corrected chi connectivity index (χ2v) is 3.72. The van der Waals surface area contributed by atoms with E-state index < -0.39 is 0 Å². The lowest BCUT2D eigenvalue weighted by atomic mass is 10.3. The highest BCUT2D eigenvalue weighted by atomic mass is 35.5. The van der Waals surface area contributed by atoms with Gasteiger partial charge in [-0.25, -0.2) is 4.98 Å². The minimum absolute atomic E-state index is 0.0769. The second-order valence-electron chi connectivity index (χ2n) is 3.38. The van der Waals surface area contributed by atoms with Crippen molar-refractivity contribution in [1.82, 2.24) is 9.97 Å². The number of hydrogen-bond acceptors (Lipinski definition) is 5. The van der Waals surface area contributed by atoms with Crippen LogP contribution in [-0.4, -0.2) is 16.6 Å². The molecule has 0 unspecified atom stereocenters. The highest BCUT2D eigenvalue weighted by Crippen LogP contribution is 2.32. The van der Waals surface area contributed by atoms with Crippen LogP contribution in [0.25, 0.3) is 0 Å². The summed E-state index contributed by atoms with van der Waals surface area (Å²) in [6.07, 6.45) is 1.40. The third-order valence-corrected chi connectivity index (χ3v) is 2.29. The van der Waals surface area contributed by atoms with E-state index in [0.717, 1.165) is 0 Å². The van der Waals surface area contributed by atoms with Crippen LogP contribution < -0.4 is 15.2 Å². The fourth-order valence-electron chi connectivity index (χ4n) is 1.35. The van der Waals surface area contributed by atoms with Gasteiger partial charge in [-0.2, -0.15) is 4.98 Å². The lowest BCUT2D eigenvalue weighted by Crippen LogP contribution is -1.99. The van der Waals surface area contributed by atoms with E-state index in [9.17, 15) is 0 Å². The molecule has 5 nitrogen and oxygen atoms in total. The number of rotatable bonds is 4. The molecule has 0 amide bonds. The Kier molecular flexibility index (Phi) is 3.84. The van der Waals surface area contributed by atoms with Crippen molar-refractivity contribution in [3.8, 4) is 17.4 Å². The van der Waals surface area contributed by atoms with E-state index in [1.807, 2.05) is 19.1 Å². The van der Waals surface area contributed by atoms with Gasteiger partial charge < -0.3 is 15.2 Å². The summed E-state index contributed by atoms with van der Waals surface area (Å²) in [5, 5.41) is 0.0769. The Morgan fingerprint density at radius 1 is 1.28 bits per heavy atom. The highest BCUT2D eigenvalue weighted by Gasteiger charge is 2.09. The number of aromatic nitrogens is 2. The van der Waals surface area contributed by atoms with E-state index in [1.54, 1.807) is 12.1 Å². The molecule has 2 N–H and O–H groups in total. The van der Waals surface area contributed by atoms with E-state index in [1.165, 1.54) is 6.20 Å². The standard InChI is InChI=1S/C12H12ClN3O2/c1-2-17-9-5-3-4-6-10(9)18-11-8(14)7-15-12(13)16-11/h3-7H,2,14H2,1H3. The number of benzene rings is 1. The maximum atomic E-state index is 5.71. The lowest BCUT2D eigenvalue weighted by molar-refractivity contribution is 0.319. The Hall–Kier alpha value is -2.01. The molecule has 94 valence electrons. The number of ether oxygens (including phenoxy) is 2. The van der Waals surface area contributed by atoms with Gasteiger partial charge in [0.1, 0.15) is 5.69 Å². The van der Waals surface area contributed by atoms with Crippen molar-refractivity contribution >= 4 is 17.3 Å². The van der Waals surface area contributed by atoms with Gasteiger partial charge in [0, 0.05) is 0 Å². The normalized spacial score (nSPS) is 10.1. The Labute approximate surface area is 110 Å². The SMILES string of the molecule is CCOc1ccccc1Oc1nc(Cl)ncc1N. The van der Waals surface area contributed by atoms with Crippen LogP contribution in [0.5, 0.6) is 17.4 Å². The topological polar surface area (TPSA) is 70.3 Å². The second kappa shape index (κ2) is 5.55. The first-order valence-electron chi connectivity index (χ1n) is 5.38. The quantitative estimate of drug-likeness (QED) is 0.861. The first-order valence-corrected chi connectivity index (χ1v) is 5.76. The number of nitrogens with zero attached hydrogens (tertiary/aromatic N) is 2. The largest absolute Gasteiger partial charge is 0.490 e. The zero-order chi connectivity index (χ0) is 13.0. The fraction of sp³-hybridized carbons (Fsp3) is 0.167. The van der Waals surface area contributed by atoms with Crippen molar-refractivity contribution in [1.29, 1.82) is 0 Å². The Morgan fingerprint density at radius 3 is 2.72 bits per heavy atom. The molecule has 0 aliphatic carbocycles. The van der Waals surface area contributed by atoms with Crippen LogP contribution in [0.15, 0.2) is 30.5 Å². The number of para-hydroxylation sites is 2. The molecule has 0 atom stereocenters. The summed E-state index contributed by atoms with van der Waals surface area (Å²) in [6.45, 7) is 2.44. The molecule has 1 heterocycles. The van der Waals surface area contributed by atoms with Crippen molar-refractivity contribution in [3.05, 3.63) is 35.7 Å². The molecule has 2 rings (SSSR count). The number of hydrogen-bond donors (Lipinski definition) is 1.